The molecule has 0 aromatic heterocycles. The van der Waals surface area contributed by atoms with Crippen LogP contribution in [0.25, 0.3) is 0 Å². The number of carbonyl (C=O) groups is 2. The minimum absolute atomic E-state index is 0.0164. The fraction of sp³-hybridized carbons (Fsp3) is 0.385. The number of ketones is 1. The summed E-state index contributed by atoms with van der Waals surface area (Å²) in [6.45, 7) is 3.20. The van der Waals surface area contributed by atoms with Crippen molar-refractivity contribution in [3.05, 3.63) is 29.8 Å². The molecule has 4 heteroatoms. The molecular formula is C13H15NO2S. The Hall–Kier alpha value is -1.29. The first-order valence-corrected chi connectivity index (χ1v) is 6.60. The number of nitrogens with one attached hydrogen (secondary N) is 1. The zero-order valence-electron chi connectivity index (χ0n) is 9.90. The molecule has 0 spiro atoms. The van der Waals surface area contributed by atoms with Crippen LogP contribution in [0.2, 0.25) is 0 Å². The van der Waals surface area contributed by atoms with E-state index in [0.29, 0.717) is 0 Å². The van der Waals surface area contributed by atoms with E-state index >= 15 is 0 Å². The van der Waals surface area contributed by atoms with E-state index in [2.05, 4.69) is 5.32 Å². The number of hydrogen-bond donors (Lipinski definition) is 1. The average molecular weight is 249 g/mol. The molecule has 0 saturated carbocycles. The van der Waals surface area contributed by atoms with Gasteiger partial charge in [-0.2, -0.15) is 0 Å². The van der Waals surface area contributed by atoms with E-state index in [9.17, 15) is 9.59 Å². The molecular weight excluding hydrogens is 234 g/mol. The Bertz CT molecular complexity index is 458. The van der Waals surface area contributed by atoms with Gasteiger partial charge in [0.15, 0.2) is 5.78 Å². The van der Waals surface area contributed by atoms with Gasteiger partial charge in [-0.1, -0.05) is 18.2 Å². The van der Waals surface area contributed by atoms with Gasteiger partial charge in [0, 0.05) is 10.6 Å². The maximum Gasteiger partial charge on any atom is 0.229 e. The quantitative estimate of drug-likeness (QED) is 0.891. The highest BCUT2D eigenvalue weighted by Crippen LogP contribution is 2.39. The van der Waals surface area contributed by atoms with Crippen molar-refractivity contribution in [2.45, 2.75) is 30.7 Å². The lowest BCUT2D eigenvalue weighted by atomic mass is 10.00. The summed E-state index contributed by atoms with van der Waals surface area (Å²) >= 11 is 1.69. The molecule has 1 amide bonds. The second-order valence-electron chi connectivity index (χ2n) is 4.24. The molecule has 0 radical (unpaired) electrons. The molecule has 1 aromatic carbocycles. The van der Waals surface area contributed by atoms with Crippen molar-refractivity contribution in [2.75, 3.05) is 5.75 Å². The minimum Gasteiger partial charge on any atom is -0.346 e. The first-order valence-electron chi connectivity index (χ1n) is 5.62. The molecule has 1 aliphatic heterocycles. The first-order chi connectivity index (χ1) is 8.09. The summed E-state index contributed by atoms with van der Waals surface area (Å²) in [7, 11) is 0. The van der Waals surface area contributed by atoms with E-state index in [4.69, 9.17) is 0 Å². The van der Waals surface area contributed by atoms with E-state index in [-0.39, 0.29) is 17.6 Å². The van der Waals surface area contributed by atoms with Gasteiger partial charge in [-0.25, -0.2) is 0 Å². The third-order valence-corrected chi connectivity index (χ3v) is 4.17. The third kappa shape index (κ3) is 2.52. The van der Waals surface area contributed by atoms with Crippen molar-refractivity contribution in [3.8, 4) is 0 Å². The molecule has 1 aromatic rings. The highest BCUT2D eigenvalue weighted by molar-refractivity contribution is 7.99. The Labute approximate surface area is 105 Å². The van der Waals surface area contributed by atoms with Crippen LogP contribution >= 0.6 is 11.8 Å². The molecule has 2 rings (SSSR count). The van der Waals surface area contributed by atoms with Crippen LogP contribution in [0.3, 0.4) is 0 Å². The summed E-state index contributed by atoms with van der Waals surface area (Å²) in [5.74, 6) is 0.566. The number of hydrogen-bond acceptors (Lipinski definition) is 3. The van der Waals surface area contributed by atoms with Crippen LogP contribution in [0.5, 0.6) is 0 Å². The molecule has 0 fully saturated rings. The van der Waals surface area contributed by atoms with Crippen LogP contribution < -0.4 is 5.32 Å². The van der Waals surface area contributed by atoms with Crippen molar-refractivity contribution >= 4 is 23.5 Å². The molecule has 1 N–H and O–H groups in total. The van der Waals surface area contributed by atoms with Gasteiger partial charge in [-0.3, -0.25) is 9.59 Å². The van der Waals surface area contributed by atoms with Crippen molar-refractivity contribution < 1.29 is 9.59 Å². The van der Waals surface area contributed by atoms with Crippen molar-refractivity contribution in [2.24, 2.45) is 0 Å². The van der Waals surface area contributed by atoms with Crippen LogP contribution in [-0.2, 0) is 9.59 Å². The average Bonchev–Trinajstić information content (AvgIpc) is 2.72. The number of carbonyl (C=O) groups excluding carboxylic acids is 2. The SMILES string of the molecule is CC(=O)C(C)NC(=O)C1CSc2ccccc21. The lowest BCUT2D eigenvalue weighted by Crippen LogP contribution is -2.40. The molecule has 90 valence electrons. The molecule has 2 atom stereocenters. The Morgan fingerprint density at radius 1 is 1.41 bits per heavy atom. The predicted octanol–water partition coefficient (Wildman–Crippen LogP) is 1.97. The normalized spacial score (nSPS) is 19.5. The lowest BCUT2D eigenvalue weighted by Gasteiger charge is -2.15. The number of thioether (sulfide) groups is 1. The van der Waals surface area contributed by atoms with Gasteiger partial charge in [0.2, 0.25) is 5.91 Å². The second kappa shape index (κ2) is 4.92. The van der Waals surface area contributed by atoms with Gasteiger partial charge < -0.3 is 5.32 Å². The third-order valence-electron chi connectivity index (χ3n) is 2.98. The van der Waals surface area contributed by atoms with Crippen LogP contribution in [0.4, 0.5) is 0 Å². The fourth-order valence-electron chi connectivity index (χ4n) is 1.80. The largest absolute Gasteiger partial charge is 0.346 e. The van der Waals surface area contributed by atoms with Crippen molar-refractivity contribution in [1.82, 2.24) is 5.32 Å². The molecule has 3 nitrogen and oxygen atoms in total. The van der Waals surface area contributed by atoms with Gasteiger partial charge in [-0.15, -0.1) is 11.8 Å². The number of rotatable bonds is 3. The second-order valence-corrected chi connectivity index (χ2v) is 5.30. The summed E-state index contributed by atoms with van der Waals surface area (Å²) in [5.41, 5.74) is 1.07. The van der Waals surface area contributed by atoms with Crippen LogP contribution in [0.1, 0.15) is 25.3 Å². The monoisotopic (exact) mass is 249 g/mol. The number of amides is 1. The molecule has 2 unspecified atom stereocenters. The predicted molar refractivity (Wildman–Crippen MR) is 68.2 cm³/mol. The number of fused-ring (bicyclic) bond motifs is 1. The van der Waals surface area contributed by atoms with Gasteiger partial charge in [0.05, 0.1) is 12.0 Å². The molecule has 0 saturated heterocycles. The van der Waals surface area contributed by atoms with Gasteiger partial charge in [0.1, 0.15) is 0 Å². The lowest BCUT2D eigenvalue weighted by molar-refractivity contribution is -0.127. The van der Waals surface area contributed by atoms with E-state index < -0.39 is 6.04 Å². The molecule has 17 heavy (non-hydrogen) atoms. The summed E-state index contributed by atoms with van der Waals surface area (Å²) < 4.78 is 0. The Morgan fingerprint density at radius 2 is 2.12 bits per heavy atom. The van der Waals surface area contributed by atoms with E-state index in [1.807, 2.05) is 24.3 Å². The topological polar surface area (TPSA) is 46.2 Å². The van der Waals surface area contributed by atoms with Crippen LogP contribution in [0, 0.1) is 0 Å². The fourth-order valence-corrected chi connectivity index (χ4v) is 3.02. The zero-order chi connectivity index (χ0) is 12.4. The molecule has 1 aliphatic rings. The number of benzene rings is 1. The Kier molecular flexibility index (Phi) is 3.52. The first kappa shape index (κ1) is 12.2. The summed E-state index contributed by atoms with van der Waals surface area (Å²) in [6.07, 6.45) is 0. The van der Waals surface area contributed by atoms with E-state index in [1.165, 1.54) is 11.8 Å². The smallest absolute Gasteiger partial charge is 0.229 e. The van der Waals surface area contributed by atoms with Gasteiger partial charge in [0.25, 0.3) is 0 Å². The molecule has 0 aliphatic carbocycles. The maximum absolute atomic E-state index is 12.0. The van der Waals surface area contributed by atoms with Crippen LogP contribution in [0.15, 0.2) is 29.2 Å². The highest BCUT2D eigenvalue weighted by Gasteiger charge is 2.29. The van der Waals surface area contributed by atoms with Crippen molar-refractivity contribution in [1.29, 1.82) is 0 Å². The van der Waals surface area contributed by atoms with Gasteiger partial charge >= 0.3 is 0 Å². The standard InChI is InChI=1S/C13H15NO2S/c1-8(9(2)15)14-13(16)11-7-17-12-6-4-3-5-10(11)12/h3-6,8,11H,7H2,1-2H3,(H,14,16). The Balaban J connectivity index is 2.10. The van der Waals surface area contributed by atoms with Crippen LogP contribution in [-0.4, -0.2) is 23.5 Å². The Morgan fingerprint density at radius 3 is 2.82 bits per heavy atom. The summed E-state index contributed by atoms with van der Waals surface area (Å²) in [6, 6.07) is 7.53. The maximum atomic E-state index is 12.0. The molecule has 1 heterocycles. The van der Waals surface area contributed by atoms with E-state index in [0.717, 1.165) is 11.3 Å². The highest BCUT2D eigenvalue weighted by atomic mass is 32.2. The zero-order valence-corrected chi connectivity index (χ0v) is 10.7. The van der Waals surface area contributed by atoms with Gasteiger partial charge in [-0.05, 0) is 25.5 Å². The summed E-state index contributed by atoms with van der Waals surface area (Å²) in [5, 5.41) is 2.76. The molecule has 0 bridgehead atoms. The van der Waals surface area contributed by atoms with E-state index in [1.54, 1.807) is 18.7 Å². The minimum atomic E-state index is -0.403. The van der Waals surface area contributed by atoms with Crippen molar-refractivity contribution in [3.63, 3.8) is 0 Å². The summed E-state index contributed by atoms with van der Waals surface area (Å²) in [4.78, 5) is 24.3. The number of Topliss-reactive ketones (excluding diaryl/α,β-unsaturated/α-hetero) is 1.